The van der Waals surface area contributed by atoms with Crippen LogP contribution < -0.4 is 21.8 Å². The number of H-pyrrole nitrogens is 1. The van der Waals surface area contributed by atoms with E-state index in [1.165, 1.54) is 16.8 Å². The molecule has 2 aliphatic rings. The van der Waals surface area contributed by atoms with E-state index in [-0.39, 0.29) is 22.9 Å². The van der Waals surface area contributed by atoms with Crippen molar-refractivity contribution >= 4 is 33.3 Å². The van der Waals surface area contributed by atoms with Crippen LogP contribution in [0.2, 0.25) is 0 Å². The standard InChI is InChI=1S/C34H30FN7O4/c35-24-15-22(19-4-5-19)14-20-9-12-41(34(45)30(20)24)25-2-1-3-26(23(25)18-43)42-27-8-10-37-33(44)31(27)32(40-42)39-29-7-6-21(16-38-29)28-17-36-11-13-46-28/h1-3,6-10,12,14-16,19,28,36,43H,4-5,11,13,17-18H2,(H,37,44)(H,38,39,40). The van der Waals surface area contributed by atoms with Crippen molar-refractivity contribution in [2.75, 3.05) is 25.0 Å². The molecule has 4 N–H and O–H groups in total. The largest absolute Gasteiger partial charge is 0.392 e. The van der Waals surface area contributed by atoms with E-state index in [0.717, 1.165) is 30.5 Å². The lowest BCUT2D eigenvalue weighted by molar-refractivity contribution is 0.0275. The van der Waals surface area contributed by atoms with Crippen LogP contribution in [-0.4, -0.2) is 49.1 Å². The molecule has 0 radical (unpaired) electrons. The number of pyridine rings is 3. The molecule has 0 spiro atoms. The molecule has 1 aliphatic heterocycles. The van der Waals surface area contributed by atoms with Gasteiger partial charge in [0.15, 0.2) is 5.82 Å². The molecule has 11 nitrogen and oxygen atoms in total. The van der Waals surface area contributed by atoms with E-state index < -0.39 is 18.0 Å². The number of aromatic nitrogens is 5. The van der Waals surface area contributed by atoms with Crippen LogP contribution in [-0.2, 0) is 11.3 Å². The molecule has 4 aromatic heterocycles. The van der Waals surface area contributed by atoms with Crippen LogP contribution in [0, 0.1) is 5.82 Å². The topological polar surface area (TPSA) is 139 Å². The normalized spacial score (nSPS) is 16.7. The zero-order valence-corrected chi connectivity index (χ0v) is 24.7. The van der Waals surface area contributed by atoms with Crippen molar-refractivity contribution in [3.8, 4) is 11.4 Å². The Morgan fingerprint density at radius 1 is 1.04 bits per heavy atom. The van der Waals surface area contributed by atoms with Crippen LogP contribution in [0.4, 0.5) is 16.0 Å². The Labute approximate surface area is 261 Å². The van der Waals surface area contributed by atoms with Gasteiger partial charge in [0.05, 0.1) is 41.6 Å². The molecule has 232 valence electrons. The lowest BCUT2D eigenvalue weighted by Crippen LogP contribution is -2.33. The first kappa shape index (κ1) is 28.3. The second-order valence-corrected chi connectivity index (χ2v) is 11.7. The first-order valence-corrected chi connectivity index (χ1v) is 15.2. The Kier molecular flexibility index (Phi) is 6.97. The Morgan fingerprint density at radius 3 is 2.67 bits per heavy atom. The number of aromatic amines is 1. The molecule has 1 unspecified atom stereocenters. The van der Waals surface area contributed by atoms with Gasteiger partial charge in [0.2, 0.25) is 0 Å². The molecular formula is C34H30FN7O4. The summed E-state index contributed by atoms with van der Waals surface area (Å²) in [5.74, 6) is 0.530. The summed E-state index contributed by atoms with van der Waals surface area (Å²) < 4.78 is 24.0. The van der Waals surface area contributed by atoms with Crippen molar-refractivity contribution in [3.63, 3.8) is 0 Å². The molecule has 2 aromatic carbocycles. The van der Waals surface area contributed by atoms with E-state index >= 15 is 4.39 Å². The van der Waals surface area contributed by atoms with Crippen LogP contribution in [0.15, 0.2) is 82.8 Å². The number of hydrogen-bond donors (Lipinski definition) is 4. The monoisotopic (exact) mass is 619 g/mol. The fraction of sp³-hybridized carbons (Fsp3) is 0.235. The predicted octanol–water partition coefficient (Wildman–Crippen LogP) is 4.33. The van der Waals surface area contributed by atoms with E-state index in [0.29, 0.717) is 58.1 Å². The van der Waals surface area contributed by atoms with Gasteiger partial charge in [-0.3, -0.25) is 14.2 Å². The minimum atomic E-state index is -0.557. The first-order chi connectivity index (χ1) is 22.5. The van der Waals surface area contributed by atoms with E-state index in [2.05, 4.69) is 20.6 Å². The zero-order chi connectivity index (χ0) is 31.4. The molecule has 5 heterocycles. The van der Waals surface area contributed by atoms with E-state index in [1.54, 1.807) is 53.5 Å². The van der Waals surface area contributed by atoms with Crippen molar-refractivity contribution < 1.29 is 14.2 Å². The number of halogens is 1. The zero-order valence-electron chi connectivity index (χ0n) is 24.7. The second kappa shape index (κ2) is 11.3. The molecular weight excluding hydrogens is 589 g/mol. The summed E-state index contributed by atoms with van der Waals surface area (Å²) in [5, 5.41) is 22.7. The number of nitrogens with zero attached hydrogens (tertiary/aromatic N) is 4. The van der Waals surface area contributed by atoms with Crippen LogP contribution in [0.5, 0.6) is 0 Å². The van der Waals surface area contributed by atoms with Crippen molar-refractivity contribution in [2.24, 2.45) is 0 Å². The van der Waals surface area contributed by atoms with E-state index in [1.807, 2.05) is 12.1 Å². The molecule has 8 rings (SSSR count). The summed E-state index contributed by atoms with van der Waals surface area (Å²) in [6.07, 6.45) is 6.81. The average molecular weight is 620 g/mol. The molecule has 1 saturated heterocycles. The number of nitrogens with one attached hydrogen (secondary N) is 3. The van der Waals surface area contributed by atoms with Gasteiger partial charge in [0.25, 0.3) is 11.1 Å². The van der Waals surface area contributed by atoms with E-state index in [9.17, 15) is 14.7 Å². The van der Waals surface area contributed by atoms with Crippen LogP contribution >= 0.6 is 0 Å². The van der Waals surface area contributed by atoms with Crippen molar-refractivity contribution in [1.82, 2.24) is 29.6 Å². The number of morpholine rings is 1. The summed E-state index contributed by atoms with van der Waals surface area (Å²) in [6, 6.07) is 15.6. The summed E-state index contributed by atoms with van der Waals surface area (Å²) in [5.41, 5.74) is 2.62. The number of ether oxygens (including phenoxy) is 1. The second-order valence-electron chi connectivity index (χ2n) is 11.7. The van der Waals surface area contributed by atoms with Gasteiger partial charge >= 0.3 is 0 Å². The highest BCUT2D eigenvalue weighted by molar-refractivity contribution is 5.92. The minimum Gasteiger partial charge on any atom is -0.392 e. The first-order valence-electron chi connectivity index (χ1n) is 15.2. The van der Waals surface area contributed by atoms with Crippen molar-refractivity contribution in [2.45, 2.75) is 31.5 Å². The fourth-order valence-corrected chi connectivity index (χ4v) is 6.26. The van der Waals surface area contributed by atoms with Gasteiger partial charge in [0, 0.05) is 42.8 Å². The van der Waals surface area contributed by atoms with Crippen LogP contribution in [0.1, 0.15) is 41.6 Å². The molecule has 1 aliphatic carbocycles. The van der Waals surface area contributed by atoms with Crippen LogP contribution in [0.25, 0.3) is 33.1 Å². The fourth-order valence-electron chi connectivity index (χ4n) is 6.26. The van der Waals surface area contributed by atoms with Gasteiger partial charge in [-0.25, -0.2) is 14.1 Å². The molecule has 6 aromatic rings. The van der Waals surface area contributed by atoms with Crippen molar-refractivity contribution in [3.05, 3.63) is 116 Å². The third-order valence-corrected chi connectivity index (χ3v) is 8.74. The molecule has 0 amide bonds. The third kappa shape index (κ3) is 4.87. The number of aliphatic hydroxyl groups is 1. The SMILES string of the molecule is O=c1[nH]ccc2c1c(Nc1ccc(C3CNCCO3)cn1)nn2-c1cccc(-n2ccc3cc(C4CC4)cc(F)c3c2=O)c1CO. The Balaban J connectivity index is 1.21. The molecule has 46 heavy (non-hydrogen) atoms. The van der Waals surface area contributed by atoms with Crippen LogP contribution in [0.3, 0.4) is 0 Å². The lowest BCUT2D eigenvalue weighted by atomic mass is 10.0. The van der Waals surface area contributed by atoms with Crippen molar-refractivity contribution in [1.29, 1.82) is 0 Å². The number of fused-ring (bicyclic) bond motifs is 2. The molecule has 12 heteroatoms. The highest BCUT2D eigenvalue weighted by Gasteiger charge is 2.26. The summed E-state index contributed by atoms with van der Waals surface area (Å²) in [4.78, 5) is 34.0. The summed E-state index contributed by atoms with van der Waals surface area (Å²) in [6.45, 7) is 1.69. The van der Waals surface area contributed by atoms with Gasteiger partial charge in [-0.1, -0.05) is 18.2 Å². The molecule has 0 bridgehead atoms. The summed E-state index contributed by atoms with van der Waals surface area (Å²) in [7, 11) is 0. The highest BCUT2D eigenvalue weighted by Crippen LogP contribution is 2.41. The Hall–Kier alpha value is -5.17. The van der Waals surface area contributed by atoms with Gasteiger partial charge in [0.1, 0.15) is 17.0 Å². The van der Waals surface area contributed by atoms with Gasteiger partial charge < -0.3 is 25.5 Å². The predicted molar refractivity (Wildman–Crippen MR) is 172 cm³/mol. The maximum atomic E-state index is 15.3. The maximum Gasteiger partial charge on any atom is 0.265 e. The van der Waals surface area contributed by atoms with Gasteiger partial charge in [-0.05, 0) is 66.1 Å². The Bertz CT molecular complexity index is 2230. The molecule has 1 saturated carbocycles. The minimum absolute atomic E-state index is 0.00594. The highest BCUT2D eigenvalue weighted by atomic mass is 19.1. The summed E-state index contributed by atoms with van der Waals surface area (Å²) >= 11 is 0. The number of hydrogen-bond acceptors (Lipinski definition) is 8. The van der Waals surface area contributed by atoms with Gasteiger partial charge in [-0.2, -0.15) is 0 Å². The lowest BCUT2D eigenvalue weighted by Gasteiger charge is -2.23. The third-order valence-electron chi connectivity index (χ3n) is 8.74. The number of benzene rings is 2. The van der Waals surface area contributed by atoms with E-state index in [4.69, 9.17) is 9.84 Å². The number of anilines is 2. The Morgan fingerprint density at radius 2 is 1.91 bits per heavy atom. The quantitative estimate of drug-likeness (QED) is 0.207. The number of aliphatic hydroxyl groups excluding tert-OH is 1. The van der Waals surface area contributed by atoms with Gasteiger partial charge in [-0.15, -0.1) is 5.10 Å². The molecule has 1 atom stereocenters. The smallest absolute Gasteiger partial charge is 0.265 e. The maximum absolute atomic E-state index is 15.3. The average Bonchev–Trinajstić information content (AvgIpc) is 3.87. The number of rotatable bonds is 7. The molecule has 2 fully saturated rings.